The minimum atomic E-state index is 0.714. The quantitative estimate of drug-likeness (QED) is 0.935. The molecule has 0 radical (unpaired) electrons. The highest BCUT2D eigenvalue weighted by atomic mass is 15.2. The molecule has 0 spiro atoms. The molecular formula is C19H25N3. The van der Waals surface area contributed by atoms with Gasteiger partial charge in [0.25, 0.3) is 0 Å². The van der Waals surface area contributed by atoms with E-state index in [1.807, 2.05) is 0 Å². The molecule has 22 heavy (non-hydrogen) atoms. The summed E-state index contributed by atoms with van der Waals surface area (Å²) >= 11 is 0. The van der Waals surface area contributed by atoms with Crippen molar-refractivity contribution in [1.82, 2.24) is 10.3 Å². The fourth-order valence-electron chi connectivity index (χ4n) is 3.53. The van der Waals surface area contributed by atoms with Gasteiger partial charge in [0.05, 0.1) is 5.52 Å². The van der Waals surface area contributed by atoms with E-state index >= 15 is 0 Å². The van der Waals surface area contributed by atoms with Crippen molar-refractivity contribution in [3.8, 4) is 0 Å². The molecule has 4 rings (SSSR count). The third-order valence-corrected chi connectivity index (χ3v) is 5.05. The molecule has 1 aromatic carbocycles. The third kappa shape index (κ3) is 2.95. The zero-order valence-corrected chi connectivity index (χ0v) is 13.4. The first-order chi connectivity index (χ1) is 10.8. The van der Waals surface area contributed by atoms with E-state index in [0.29, 0.717) is 6.04 Å². The summed E-state index contributed by atoms with van der Waals surface area (Å²) in [7, 11) is 0. The number of rotatable bonds is 4. The summed E-state index contributed by atoms with van der Waals surface area (Å²) in [5.74, 6) is 0.977. The van der Waals surface area contributed by atoms with Crippen LogP contribution in [0, 0.1) is 12.8 Å². The minimum Gasteiger partial charge on any atom is -0.371 e. The van der Waals surface area contributed by atoms with Crippen LogP contribution in [-0.2, 0) is 0 Å². The Bertz CT molecular complexity index is 655. The van der Waals surface area contributed by atoms with Crippen LogP contribution < -0.4 is 10.2 Å². The zero-order chi connectivity index (χ0) is 14.9. The van der Waals surface area contributed by atoms with E-state index in [1.54, 1.807) is 0 Å². The highest BCUT2D eigenvalue weighted by Gasteiger charge is 2.25. The number of fused-ring (bicyclic) bond motifs is 1. The van der Waals surface area contributed by atoms with Crippen LogP contribution in [-0.4, -0.2) is 30.7 Å². The van der Waals surface area contributed by atoms with Crippen LogP contribution in [0.4, 0.5) is 5.69 Å². The van der Waals surface area contributed by atoms with Crippen LogP contribution in [0.5, 0.6) is 0 Å². The highest BCUT2D eigenvalue weighted by Crippen LogP contribution is 2.30. The number of hydrogen-bond donors (Lipinski definition) is 1. The molecule has 2 heterocycles. The van der Waals surface area contributed by atoms with Gasteiger partial charge in [0.15, 0.2) is 0 Å². The molecule has 0 unspecified atom stereocenters. The number of benzene rings is 1. The normalized spacial score (nSPS) is 19.8. The lowest BCUT2D eigenvalue weighted by molar-refractivity contribution is 0.409. The molecule has 116 valence electrons. The highest BCUT2D eigenvalue weighted by molar-refractivity contribution is 5.92. The van der Waals surface area contributed by atoms with Crippen LogP contribution in [0.3, 0.4) is 0 Å². The maximum absolute atomic E-state index is 4.66. The standard InChI is InChI=1S/C19H25N3/c1-14-12-19(17-4-2-3-5-18(17)21-14)22-10-8-16(9-11-22)20-13-15-6-7-15/h2-5,12,15-16,20H,6-11,13H2,1H3. The summed E-state index contributed by atoms with van der Waals surface area (Å²) in [5.41, 5.74) is 3.60. The predicted molar refractivity (Wildman–Crippen MR) is 92.4 cm³/mol. The Morgan fingerprint density at radius 1 is 1.14 bits per heavy atom. The third-order valence-electron chi connectivity index (χ3n) is 5.05. The second-order valence-corrected chi connectivity index (χ2v) is 6.91. The zero-order valence-electron chi connectivity index (χ0n) is 13.4. The molecule has 1 N–H and O–H groups in total. The molecule has 1 saturated carbocycles. The Morgan fingerprint density at radius 3 is 2.68 bits per heavy atom. The van der Waals surface area contributed by atoms with Crippen molar-refractivity contribution in [3.63, 3.8) is 0 Å². The second-order valence-electron chi connectivity index (χ2n) is 6.91. The van der Waals surface area contributed by atoms with Crippen molar-refractivity contribution >= 4 is 16.6 Å². The molecule has 0 bridgehead atoms. The molecule has 3 heteroatoms. The summed E-state index contributed by atoms with van der Waals surface area (Å²) in [6.45, 7) is 5.63. The van der Waals surface area contributed by atoms with Gasteiger partial charge in [-0.15, -0.1) is 0 Å². The summed E-state index contributed by atoms with van der Waals surface area (Å²) in [5, 5.41) is 5.05. The molecule has 2 fully saturated rings. The largest absolute Gasteiger partial charge is 0.371 e. The van der Waals surface area contributed by atoms with Gasteiger partial charge in [0.1, 0.15) is 0 Å². The van der Waals surface area contributed by atoms with Gasteiger partial charge >= 0.3 is 0 Å². The summed E-state index contributed by atoms with van der Waals surface area (Å²) < 4.78 is 0. The molecule has 0 amide bonds. The molecule has 2 aromatic rings. The average Bonchev–Trinajstić information content (AvgIpc) is 3.37. The Kier molecular flexibility index (Phi) is 3.75. The Labute approximate surface area is 132 Å². The maximum Gasteiger partial charge on any atom is 0.0726 e. The molecule has 1 saturated heterocycles. The first-order valence-electron chi connectivity index (χ1n) is 8.64. The Hall–Kier alpha value is -1.61. The Morgan fingerprint density at radius 2 is 1.91 bits per heavy atom. The van der Waals surface area contributed by atoms with Gasteiger partial charge in [-0.3, -0.25) is 4.98 Å². The van der Waals surface area contributed by atoms with Crippen molar-refractivity contribution in [2.24, 2.45) is 5.92 Å². The van der Waals surface area contributed by atoms with Crippen LogP contribution in [0.1, 0.15) is 31.4 Å². The van der Waals surface area contributed by atoms with Crippen molar-refractivity contribution in [3.05, 3.63) is 36.0 Å². The van der Waals surface area contributed by atoms with Crippen LogP contribution >= 0.6 is 0 Å². The van der Waals surface area contributed by atoms with E-state index in [1.165, 1.54) is 43.3 Å². The molecular weight excluding hydrogens is 270 g/mol. The predicted octanol–water partition coefficient (Wildman–Crippen LogP) is 3.51. The van der Waals surface area contributed by atoms with Crippen LogP contribution in [0.25, 0.3) is 10.9 Å². The second kappa shape index (κ2) is 5.88. The number of anilines is 1. The van der Waals surface area contributed by atoms with Crippen molar-refractivity contribution in [2.45, 2.75) is 38.6 Å². The number of aryl methyl sites for hydroxylation is 1. The number of aromatic nitrogens is 1. The fourth-order valence-corrected chi connectivity index (χ4v) is 3.53. The van der Waals surface area contributed by atoms with Gasteiger partial charge in [-0.05, 0) is 57.2 Å². The first kappa shape index (κ1) is 14.0. The molecule has 1 aliphatic carbocycles. The lowest BCUT2D eigenvalue weighted by Crippen LogP contribution is -2.43. The van der Waals surface area contributed by atoms with Crippen LogP contribution in [0.2, 0.25) is 0 Å². The number of piperidine rings is 1. The lowest BCUT2D eigenvalue weighted by atomic mass is 10.0. The SMILES string of the molecule is Cc1cc(N2CCC(NCC3CC3)CC2)c2ccccc2n1. The molecule has 3 nitrogen and oxygen atoms in total. The topological polar surface area (TPSA) is 28.2 Å². The number of pyridine rings is 1. The molecule has 1 aromatic heterocycles. The van der Waals surface area contributed by atoms with E-state index in [-0.39, 0.29) is 0 Å². The first-order valence-corrected chi connectivity index (χ1v) is 8.64. The lowest BCUT2D eigenvalue weighted by Gasteiger charge is -2.35. The minimum absolute atomic E-state index is 0.714. The van der Waals surface area contributed by atoms with E-state index in [4.69, 9.17) is 0 Å². The number of para-hydroxylation sites is 1. The van der Waals surface area contributed by atoms with Gasteiger partial charge in [0.2, 0.25) is 0 Å². The van der Waals surface area contributed by atoms with E-state index in [0.717, 1.165) is 30.2 Å². The van der Waals surface area contributed by atoms with Crippen molar-refractivity contribution in [2.75, 3.05) is 24.5 Å². The van der Waals surface area contributed by atoms with Gasteiger partial charge in [-0.25, -0.2) is 0 Å². The number of nitrogens with one attached hydrogen (secondary N) is 1. The average molecular weight is 295 g/mol. The van der Waals surface area contributed by atoms with Crippen molar-refractivity contribution in [1.29, 1.82) is 0 Å². The van der Waals surface area contributed by atoms with Gasteiger partial charge in [0, 0.05) is 35.9 Å². The van der Waals surface area contributed by atoms with E-state index in [2.05, 4.69) is 52.5 Å². The summed E-state index contributed by atoms with van der Waals surface area (Å²) in [4.78, 5) is 7.21. The van der Waals surface area contributed by atoms with Gasteiger partial charge < -0.3 is 10.2 Å². The van der Waals surface area contributed by atoms with Crippen molar-refractivity contribution < 1.29 is 0 Å². The molecule has 0 atom stereocenters. The van der Waals surface area contributed by atoms with Gasteiger partial charge in [-0.1, -0.05) is 18.2 Å². The van der Waals surface area contributed by atoms with E-state index in [9.17, 15) is 0 Å². The van der Waals surface area contributed by atoms with E-state index < -0.39 is 0 Å². The summed E-state index contributed by atoms with van der Waals surface area (Å²) in [6.07, 6.45) is 5.38. The number of hydrogen-bond acceptors (Lipinski definition) is 3. The smallest absolute Gasteiger partial charge is 0.0726 e. The molecule has 2 aliphatic rings. The number of nitrogens with zero attached hydrogens (tertiary/aromatic N) is 2. The summed E-state index contributed by atoms with van der Waals surface area (Å²) in [6, 6.07) is 11.5. The molecule has 1 aliphatic heterocycles. The van der Waals surface area contributed by atoms with Crippen LogP contribution in [0.15, 0.2) is 30.3 Å². The maximum atomic E-state index is 4.66. The monoisotopic (exact) mass is 295 g/mol. The van der Waals surface area contributed by atoms with Gasteiger partial charge in [-0.2, -0.15) is 0 Å². The Balaban J connectivity index is 1.48. The fraction of sp³-hybridized carbons (Fsp3) is 0.526.